The molecule has 190 valence electrons. The van der Waals surface area contributed by atoms with Gasteiger partial charge < -0.3 is 10.2 Å². The van der Waals surface area contributed by atoms with Gasteiger partial charge in [-0.1, -0.05) is 58.0 Å². The summed E-state index contributed by atoms with van der Waals surface area (Å²) in [6.45, 7) is 0. The van der Waals surface area contributed by atoms with Crippen molar-refractivity contribution in [2.45, 2.75) is 50.6 Å². The highest BCUT2D eigenvalue weighted by molar-refractivity contribution is 8.76. The molecule has 4 rings (SSSR count). The molecule has 2 N–H and O–H groups in total. The molecule has 0 aliphatic carbocycles. The van der Waals surface area contributed by atoms with Crippen molar-refractivity contribution in [2.75, 3.05) is 21.3 Å². The molecule has 2 amide bonds. The molecule has 0 aromatic heterocycles. The van der Waals surface area contributed by atoms with Crippen LogP contribution in [0.3, 0.4) is 0 Å². The van der Waals surface area contributed by atoms with Crippen molar-refractivity contribution in [2.24, 2.45) is 0 Å². The third-order valence-corrected chi connectivity index (χ3v) is 8.90. The Labute approximate surface area is 217 Å². The van der Waals surface area contributed by atoms with E-state index in [2.05, 4.69) is 0 Å². The smallest absolute Gasteiger partial charge is 0.326 e. The molecule has 2 aliphatic heterocycles. The van der Waals surface area contributed by atoms with Crippen LogP contribution in [0.5, 0.6) is 0 Å². The summed E-state index contributed by atoms with van der Waals surface area (Å²) in [7, 11) is 2.91. The van der Waals surface area contributed by atoms with E-state index in [0.29, 0.717) is 48.6 Å². The van der Waals surface area contributed by atoms with E-state index in [-0.39, 0.29) is 24.7 Å². The molecule has 2 heterocycles. The Morgan fingerprint density at radius 2 is 1.08 bits per heavy atom. The number of benzene rings is 2. The van der Waals surface area contributed by atoms with Crippen LogP contribution in [0, 0.1) is 0 Å². The minimum atomic E-state index is -1.00. The maximum Gasteiger partial charge on any atom is 0.326 e. The summed E-state index contributed by atoms with van der Waals surface area (Å²) in [6.07, 6.45) is 2.40. The maximum absolute atomic E-state index is 13.0. The first-order chi connectivity index (χ1) is 17.4. The summed E-state index contributed by atoms with van der Waals surface area (Å²) in [5.41, 5.74) is 3.28. The van der Waals surface area contributed by atoms with Crippen molar-refractivity contribution in [1.29, 1.82) is 0 Å². The van der Waals surface area contributed by atoms with Crippen LogP contribution in [-0.2, 0) is 32.0 Å². The monoisotopic (exact) mass is 528 g/mol. The summed E-state index contributed by atoms with van der Waals surface area (Å²) in [5.74, 6) is -1.50. The lowest BCUT2D eigenvalue weighted by Crippen LogP contribution is -2.48. The van der Waals surface area contributed by atoms with Crippen molar-refractivity contribution in [3.63, 3.8) is 0 Å². The summed E-state index contributed by atoms with van der Waals surface area (Å²) in [4.78, 5) is 52.3. The lowest BCUT2D eigenvalue weighted by atomic mass is 9.95. The number of nitrogens with zero attached hydrogens (tertiary/aromatic N) is 2. The van der Waals surface area contributed by atoms with E-state index in [9.17, 15) is 29.4 Å². The Morgan fingerprint density at radius 3 is 1.47 bits per heavy atom. The number of amides is 2. The number of aryl methyl sites for hydroxylation is 2. The highest BCUT2D eigenvalue weighted by Crippen LogP contribution is 2.34. The second-order valence-corrected chi connectivity index (χ2v) is 11.4. The number of carboxylic acid groups (broad SMARTS) is 2. The molecular formula is C26H28N2O6S2. The molecule has 2 aliphatic rings. The van der Waals surface area contributed by atoms with Gasteiger partial charge in [0.2, 0.25) is 11.8 Å². The number of carboxylic acids is 2. The van der Waals surface area contributed by atoms with E-state index < -0.39 is 24.0 Å². The van der Waals surface area contributed by atoms with Crippen molar-refractivity contribution in [3.05, 3.63) is 59.7 Å². The van der Waals surface area contributed by atoms with Crippen LogP contribution in [0.1, 0.15) is 36.8 Å². The molecule has 2 unspecified atom stereocenters. The van der Waals surface area contributed by atoms with Gasteiger partial charge in [0, 0.05) is 35.7 Å². The first-order valence-corrected chi connectivity index (χ1v) is 14.4. The zero-order valence-electron chi connectivity index (χ0n) is 19.7. The van der Waals surface area contributed by atoms with E-state index >= 15 is 0 Å². The summed E-state index contributed by atoms with van der Waals surface area (Å²) in [5, 5.41) is 19.2. The number of aliphatic carboxylic acids is 2. The molecule has 2 atom stereocenters. The lowest BCUT2D eigenvalue weighted by Gasteiger charge is -2.35. The van der Waals surface area contributed by atoms with E-state index in [0.717, 1.165) is 11.1 Å². The highest BCUT2D eigenvalue weighted by Gasteiger charge is 2.36. The Balaban J connectivity index is 1.28. The van der Waals surface area contributed by atoms with Crippen molar-refractivity contribution in [3.8, 4) is 0 Å². The van der Waals surface area contributed by atoms with E-state index in [4.69, 9.17) is 0 Å². The molecule has 2 aromatic rings. The van der Waals surface area contributed by atoms with E-state index in [1.54, 1.807) is 24.3 Å². The molecule has 2 aromatic carbocycles. The molecular weight excluding hydrogens is 500 g/mol. The van der Waals surface area contributed by atoms with Crippen molar-refractivity contribution in [1.82, 2.24) is 0 Å². The number of para-hydroxylation sites is 2. The van der Waals surface area contributed by atoms with Gasteiger partial charge in [-0.3, -0.25) is 19.4 Å². The molecule has 36 heavy (non-hydrogen) atoms. The number of carbonyl (C=O) groups excluding carboxylic acids is 2. The van der Waals surface area contributed by atoms with Gasteiger partial charge in [-0.25, -0.2) is 9.59 Å². The summed E-state index contributed by atoms with van der Waals surface area (Å²) >= 11 is 0. The Morgan fingerprint density at radius 1 is 0.694 bits per heavy atom. The van der Waals surface area contributed by atoms with Crippen LogP contribution >= 0.6 is 21.6 Å². The highest BCUT2D eigenvalue weighted by atomic mass is 33.1. The summed E-state index contributed by atoms with van der Waals surface area (Å²) in [6, 6.07) is 13.1. The van der Waals surface area contributed by atoms with Crippen LogP contribution in [-0.4, -0.2) is 57.6 Å². The zero-order chi connectivity index (χ0) is 25.7. The Kier molecular flexibility index (Phi) is 8.58. The second-order valence-electron chi connectivity index (χ2n) is 8.71. The average molecular weight is 529 g/mol. The van der Waals surface area contributed by atoms with E-state index in [1.165, 1.54) is 31.4 Å². The number of hydrogen-bond acceptors (Lipinski definition) is 6. The van der Waals surface area contributed by atoms with Crippen LogP contribution in [0.4, 0.5) is 11.4 Å². The summed E-state index contributed by atoms with van der Waals surface area (Å²) < 4.78 is 0. The third-order valence-electron chi connectivity index (χ3n) is 6.49. The number of hydrogen-bond donors (Lipinski definition) is 2. The van der Waals surface area contributed by atoms with Crippen LogP contribution in [0.2, 0.25) is 0 Å². The largest absolute Gasteiger partial charge is 0.480 e. The first kappa shape index (κ1) is 26.1. The van der Waals surface area contributed by atoms with Gasteiger partial charge in [0.1, 0.15) is 12.1 Å². The zero-order valence-corrected chi connectivity index (χ0v) is 21.3. The minimum Gasteiger partial charge on any atom is -0.480 e. The first-order valence-electron chi connectivity index (χ1n) is 11.9. The fourth-order valence-electron chi connectivity index (χ4n) is 4.79. The second kappa shape index (κ2) is 11.8. The molecule has 8 nitrogen and oxygen atoms in total. The normalized spacial score (nSPS) is 18.8. The average Bonchev–Trinajstić information content (AvgIpc) is 2.88. The molecule has 0 bridgehead atoms. The molecule has 0 spiro atoms. The van der Waals surface area contributed by atoms with Gasteiger partial charge >= 0.3 is 11.9 Å². The molecule has 0 radical (unpaired) electrons. The number of fused-ring (bicyclic) bond motifs is 2. The predicted molar refractivity (Wildman–Crippen MR) is 141 cm³/mol. The molecule has 0 saturated heterocycles. The van der Waals surface area contributed by atoms with Crippen LogP contribution in [0.15, 0.2) is 48.5 Å². The van der Waals surface area contributed by atoms with Crippen molar-refractivity contribution >= 4 is 56.7 Å². The van der Waals surface area contributed by atoms with Gasteiger partial charge in [0.15, 0.2) is 0 Å². The van der Waals surface area contributed by atoms with Gasteiger partial charge in [0.25, 0.3) is 0 Å². The Bertz CT molecular complexity index is 1070. The number of anilines is 2. The van der Waals surface area contributed by atoms with Crippen LogP contribution in [0.25, 0.3) is 0 Å². The number of rotatable bonds is 9. The fourth-order valence-corrected chi connectivity index (χ4v) is 6.75. The quantitative estimate of drug-likeness (QED) is 0.371. The molecule has 0 fully saturated rings. The van der Waals surface area contributed by atoms with Gasteiger partial charge in [0.05, 0.1) is 0 Å². The topological polar surface area (TPSA) is 115 Å². The predicted octanol–water partition coefficient (Wildman–Crippen LogP) is 4.01. The van der Waals surface area contributed by atoms with E-state index in [1.807, 2.05) is 24.3 Å². The third kappa shape index (κ3) is 5.70. The minimum absolute atomic E-state index is 0.185. The maximum atomic E-state index is 13.0. The van der Waals surface area contributed by atoms with Gasteiger partial charge in [-0.05, 0) is 48.9 Å². The van der Waals surface area contributed by atoms with Gasteiger partial charge in [-0.15, -0.1) is 0 Å². The number of carbonyl (C=O) groups is 4. The SMILES string of the molecule is O=C(O)C1CCc2ccccc2N1C(=O)CCSSCCC(=O)N1c2ccccc2CCC1C(=O)O. The van der Waals surface area contributed by atoms with Gasteiger partial charge in [-0.2, -0.15) is 0 Å². The van der Waals surface area contributed by atoms with Crippen molar-refractivity contribution < 1.29 is 29.4 Å². The Hall–Kier alpha value is -2.98. The lowest BCUT2D eigenvalue weighted by molar-refractivity contribution is -0.141. The molecule has 0 saturated carbocycles. The van der Waals surface area contributed by atoms with Crippen LogP contribution < -0.4 is 9.80 Å². The fraction of sp³-hybridized carbons (Fsp3) is 0.385. The standard InChI is InChI=1S/C26H28N2O6S2/c29-23(27-19-7-3-1-5-17(19)9-11-21(27)25(31)32)13-15-35-36-16-14-24(30)28-20-8-4-2-6-18(20)10-12-22(28)26(33)34/h1-8,21-22H,9-16H2,(H,31,32)(H,33,34). The molecule has 10 heteroatoms.